The lowest BCUT2D eigenvalue weighted by atomic mass is 10.3. The van der Waals surface area contributed by atoms with Gasteiger partial charge in [0, 0.05) is 19.8 Å². The van der Waals surface area contributed by atoms with Crippen LogP contribution >= 0.6 is 0 Å². The van der Waals surface area contributed by atoms with Crippen molar-refractivity contribution in [2.75, 3.05) is 19.5 Å². The fourth-order valence-electron chi connectivity index (χ4n) is 1.42. The summed E-state index contributed by atoms with van der Waals surface area (Å²) < 4.78 is 44.3. The highest BCUT2D eigenvalue weighted by molar-refractivity contribution is 7.89. The van der Waals surface area contributed by atoms with E-state index in [2.05, 4.69) is 4.72 Å². The van der Waals surface area contributed by atoms with Crippen LogP contribution in [0, 0.1) is 5.82 Å². The molecule has 1 atom stereocenters. The van der Waals surface area contributed by atoms with Crippen molar-refractivity contribution in [1.82, 2.24) is 4.72 Å². The molecule has 5 nitrogen and oxygen atoms in total. The Hall–Kier alpha value is -1.18. The smallest absolute Gasteiger partial charge is 0.242 e. The lowest BCUT2D eigenvalue weighted by molar-refractivity contribution is 0.188. The average molecular weight is 276 g/mol. The molecule has 102 valence electrons. The molecule has 0 bridgehead atoms. The quantitative estimate of drug-likeness (QED) is 0.763. The number of nitrogen functional groups attached to an aromatic ring is 1. The zero-order valence-corrected chi connectivity index (χ0v) is 11.1. The highest BCUT2D eigenvalue weighted by atomic mass is 32.2. The molecule has 0 spiro atoms. The zero-order chi connectivity index (χ0) is 13.8. The summed E-state index contributed by atoms with van der Waals surface area (Å²) >= 11 is 0. The molecule has 0 aliphatic carbocycles. The topological polar surface area (TPSA) is 81.4 Å². The molecular weight excluding hydrogens is 259 g/mol. The van der Waals surface area contributed by atoms with Crippen LogP contribution in [0.5, 0.6) is 0 Å². The fourth-order valence-corrected chi connectivity index (χ4v) is 2.84. The van der Waals surface area contributed by atoms with E-state index in [4.69, 9.17) is 10.5 Å². The maximum atomic E-state index is 13.0. The molecule has 1 unspecified atom stereocenters. The predicted molar refractivity (Wildman–Crippen MR) is 67.1 cm³/mol. The summed E-state index contributed by atoms with van der Waals surface area (Å²) in [6, 6.07) is 2.92. The molecule has 0 heterocycles. The van der Waals surface area contributed by atoms with Crippen LogP contribution in [0.4, 0.5) is 10.1 Å². The number of anilines is 1. The molecule has 1 aromatic carbocycles. The monoisotopic (exact) mass is 276 g/mol. The van der Waals surface area contributed by atoms with E-state index >= 15 is 0 Å². The second kappa shape index (κ2) is 6.12. The number of nitrogens with one attached hydrogen (secondary N) is 1. The van der Waals surface area contributed by atoms with Crippen molar-refractivity contribution in [1.29, 1.82) is 0 Å². The van der Waals surface area contributed by atoms with Crippen LogP contribution < -0.4 is 10.5 Å². The van der Waals surface area contributed by atoms with Gasteiger partial charge in [0.2, 0.25) is 10.0 Å². The van der Waals surface area contributed by atoms with Gasteiger partial charge in [-0.15, -0.1) is 0 Å². The Balaban J connectivity index is 2.89. The van der Waals surface area contributed by atoms with Crippen LogP contribution in [0.3, 0.4) is 0 Å². The number of rotatable bonds is 6. The highest BCUT2D eigenvalue weighted by Crippen LogP contribution is 2.19. The number of benzene rings is 1. The number of nitrogens with two attached hydrogens (primary N) is 1. The van der Waals surface area contributed by atoms with Gasteiger partial charge >= 0.3 is 0 Å². The summed E-state index contributed by atoms with van der Waals surface area (Å²) in [7, 11) is -2.28. The second-order valence-corrected chi connectivity index (χ2v) is 5.67. The van der Waals surface area contributed by atoms with Crippen LogP contribution in [-0.4, -0.2) is 28.2 Å². The van der Waals surface area contributed by atoms with E-state index < -0.39 is 15.8 Å². The minimum absolute atomic E-state index is 0.0165. The molecular formula is C11H17FN2O3S. The third-order valence-corrected chi connectivity index (χ3v) is 4.02. The van der Waals surface area contributed by atoms with Gasteiger partial charge in [0.15, 0.2) is 0 Å². The molecule has 18 heavy (non-hydrogen) atoms. The first-order valence-electron chi connectivity index (χ1n) is 5.43. The standard InChI is InChI=1S/C11H17FN2O3S/c1-8(5-6-17-2)14-18(15,16)11-7-9(12)3-4-10(11)13/h3-4,7-8,14H,5-6,13H2,1-2H3. The van der Waals surface area contributed by atoms with E-state index in [0.717, 1.165) is 12.1 Å². The predicted octanol–water partition coefficient (Wildman–Crippen LogP) is 1.11. The highest BCUT2D eigenvalue weighted by Gasteiger charge is 2.20. The van der Waals surface area contributed by atoms with Crippen LogP contribution in [0.1, 0.15) is 13.3 Å². The summed E-state index contributed by atoms with van der Waals surface area (Å²) in [5.41, 5.74) is 5.56. The van der Waals surface area contributed by atoms with Crippen LogP contribution in [0.2, 0.25) is 0 Å². The van der Waals surface area contributed by atoms with Gasteiger partial charge in [-0.2, -0.15) is 0 Å². The van der Waals surface area contributed by atoms with Gasteiger partial charge in [0.05, 0.1) is 5.69 Å². The molecule has 0 aromatic heterocycles. The van der Waals surface area contributed by atoms with Crippen molar-refractivity contribution in [2.24, 2.45) is 0 Å². The molecule has 0 amide bonds. The normalized spacial score (nSPS) is 13.5. The first-order chi connectivity index (χ1) is 8.36. The Labute approximate surface area is 106 Å². The van der Waals surface area contributed by atoms with Gasteiger partial charge < -0.3 is 10.5 Å². The third kappa shape index (κ3) is 3.94. The van der Waals surface area contributed by atoms with E-state index in [-0.39, 0.29) is 16.6 Å². The summed E-state index contributed by atoms with van der Waals surface area (Å²) in [5, 5.41) is 0. The molecule has 3 N–H and O–H groups in total. The van der Waals surface area contributed by atoms with Crippen LogP contribution in [0.25, 0.3) is 0 Å². The molecule has 1 aromatic rings. The van der Waals surface area contributed by atoms with Gasteiger partial charge in [-0.25, -0.2) is 17.5 Å². The molecule has 0 saturated carbocycles. The summed E-state index contributed by atoms with van der Waals surface area (Å²) in [5.74, 6) is -0.644. The maximum absolute atomic E-state index is 13.0. The molecule has 0 radical (unpaired) electrons. The van der Waals surface area contributed by atoms with Crippen LogP contribution in [0.15, 0.2) is 23.1 Å². The average Bonchev–Trinajstić information content (AvgIpc) is 2.29. The minimum atomic E-state index is -3.81. The zero-order valence-electron chi connectivity index (χ0n) is 10.3. The molecule has 0 fully saturated rings. The summed E-state index contributed by atoms with van der Waals surface area (Å²) in [6.07, 6.45) is 0.519. The fraction of sp³-hybridized carbons (Fsp3) is 0.455. The van der Waals surface area contributed by atoms with Crippen LogP contribution in [-0.2, 0) is 14.8 Å². The SMILES string of the molecule is COCCC(C)NS(=O)(=O)c1cc(F)ccc1N. The molecule has 7 heteroatoms. The Bertz CT molecular complexity index is 505. The number of hydrogen-bond donors (Lipinski definition) is 2. The van der Waals surface area contributed by atoms with Gasteiger partial charge in [-0.3, -0.25) is 0 Å². The number of methoxy groups -OCH3 is 1. The van der Waals surface area contributed by atoms with Crippen molar-refractivity contribution in [3.63, 3.8) is 0 Å². The van der Waals surface area contributed by atoms with Crippen molar-refractivity contribution in [3.05, 3.63) is 24.0 Å². The maximum Gasteiger partial charge on any atom is 0.242 e. The number of ether oxygens (including phenoxy) is 1. The number of halogens is 1. The summed E-state index contributed by atoms with van der Waals surface area (Å²) in [4.78, 5) is -0.244. The van der Waals surface area contributed by atoms with Crippen molar-refractivity contribution in [3.8, 4) is 0 Å². The Morgan fingerprint density at radius 2 is 2.17 bits per heavy atom. The molecule has 1 rings (SSSR count). The first-order valence-corrected chi connectivity index (χ1v) is 6.91. The van der Waals surface area contributed by atoms with E-state index in [0.29, 0.717) is 13.0 Å². The van der Waals surface area contributed by atoms with Crippen molar-refractivity contribution < 1.29 is 17.5 Å². The Morgan fingerprint density at radius 3 is 2.78 bits per heavy atom. The number of sulfonamides is 1. The van der Waals surface area contributed by atoms with E-state index in [1.54, 1.807) is 6.92 Å². The molecule has 0 aliphatic heterocycles. The summed E-state index contributed by atoms with van der Waals surface area (Å²) in [6.45, 7) is 2.13. The lowest BCUT2D eigenvalue weighted by Crippen LogP contribution is -2.33. The van der Waals surface area contributed by atoms with Gasteiger partial charge in [0.25, 0.3) is 0 Å². The second-order valence-electron chi connectivity index (χ2n) is 3.99. The van der Waals surface area contributed by atoms with Crippen molar-refractivity contribution >= 4 is 15.7 Å². The van der Waals surface area contributed by atoms with E-state index in [1.807, 2.05) is 0 Å². The van der Waals surface area contributed by atoms with Gasteiger partial charge in [-0.05, 0) is 31.5 Å². The number of hydrogen-bond acceptors (Lipinski definition) is 4. The third-order valence-electron chi connectivity index (χ3n) is 2.38. The van der Waals surface area contributed by atoms with Gasteiger partial charge in [-0.1, -0.05) is 0 Å². The van der Waals surface area contributed by atoms with E-state index in [9.17, 15) is 12.8 Å². The molecule has 0 saturated heterocycles. The Morgan fingerprint density at radius 1 is 1.50 bits per heavy atom. The largest absolute Gasteiger partial charge is 0.398 e. The van der Waals surface area contributed by atoms with Crippen molar-refractivity contribution in [2.45, 2.75) is 24.3 Å². The van der Waals surface area contributed by atoms with Gasteiger partial charge in [0.1, 0.15) is 10.7 Å². The molecule has 0 aliphatic rings. The van der Waals surface area contributed by atoms with E-state index in [1.165, 1.54) is 13.2 Å². The Kier molecular flexibility index (Phi) is 5.06. The lowest BCUT2D eigenvalue weighted by Gasteiger charge is -2.14. The first kappa shape index (κ1) is 14.9. The minimum Gasteiger partial charge on any atom is -0.398 e.